The van der Waals surface area contributed by atoms with Gasteiger partial charge in [-0.1, -0.05) is 19.8 Å². The predicted octanol–water partition coefficient (Wildman–Crippen LogP) is 0.899. The molecule has 1 saturated heterocycles. The van der Waals surface area contributed by atoms with E-state index in [1.165, 1.54) is 19.3 Å². The first-order valence-electron chi connectivity index (χ1n) is 4.24. The number of aliphatic hydroxyl groups is 1. The molecule has 2 atom stereocenters. The Morgan fingerprint density at radius 2 is 2.40 bits per heavy atom. The van der Waals surface area contributed by atoms with Crippen LogP contribution in [0, 0.1) is 0 Å². The van der Waals surface area contributed by atoms with Gasteiger partial charge in [0.25, 0.3) is 0 Å². The standard InChI is InChI=1S/C8H17NO/c1-2-3-4-7-5-8(10)6-9-7/h7-10H,2-6H2,1H3/t7-,8+/m0/s1. The average Bonchev–Trinajstić information content (AvgIpc) is 2.31. The Morgan fingerprint density at radius 3 is 2.90 bits per heavy atom. The van der Waals surface area contributed by atoms with E-state index in [9.17, 15) is 0 Å². The van der Waals surface area contributed by atoms with Crippen LogP contribution in [0.2, 0.25) is 0 Å². The molecule has 0 amide bonds. The number of hydrogen-bond acceptors (Lipinski definition) is 2. The largest absolute Gasteiger partial charge is 0.392 e. The van der Waals surface area contributed by atoms with Crippen LogP contribution in [-0.2, 0) is 0 Å². The van der Waals surface area contributed by atoms with Crippen molar-refractivity contribution < 1.29 is 5.11 Å². The molecule has 0 aromatic carbocycles. The lowest BCUT2D eigenvalue weighted by Gasteiger charge is -2.07. The number of hydrogen-bond donors (Lipinski definition) is 2. The normalized spacial score (nSPS) is 33.0. The summed E-state index contributed by atoms with van der Waals surface area (Å²) in [5.41, 5.74) is 0. The zero-order chi connectivity index (χ0) is 7.40. The first kappa shape index (κ1) is 8.02. The number of aliphatic hydroxyl groups excluding tert-OH is 1. The van der Waals surface area contributed by atoms with Crippen molar-refractivity contribution in [2.75, 3.05) is 6.54 Å². The summed E-state index contributed by atoms with van der Waals surface area (Å²) in [6.45, 7) is 3.00. The van der Waals surface area contributed by atoms with Crippen molar-refractivity contribution in [1.29, 1.82) is 0 Å². The van der Waals surface area contributed by atoms with Gasteiger partial charge < -0.3 is 10.4 Å². The minimum absolute atomic E-state index is 0.0816. The molecule has 1 aliphatic rings. The Labute approximate surface area is 62.6 Å². The fourth-order valence-corrected chi connectivity index (χ4v) is 1.47. The van der Waals surface area contributed by atoms with E-state index in [2.05, 4.69) is 12.2 Å². The molecule has 0 aromatic rings. The Hall–Kier alpha value is -0.0800. The average molecular weight is 143 g/mol. The highest BCUT2D eigenvalue weighted by atomic mass is 16.3. The second-order valence-corrected chi connectivity index (χ2v) is 3.14. The van der Waals surface area contributed by atoms with Gasteiger partial charge in [0.2, 0.25) is 0 Å². The lowest BCUT2D eigenvalue weighted by molar-refractivity contribution is 0.192. The molecule has 0 radical (unpaired) electrons. The lowest BCUT2D eigenvalue weighted by atomic mass is 10.1. The van der Waals surface area contributed by atoms with Crippen molar-refractivity contribution in [3.8, 4) is 0 Å². The Kier molecular flexibility index (Phi) is 3.16. The number of rotatable bonds is 3. The van der Waals surface area contributed by atoms with Crippen LogP contribution in [0.3, 0.4) is 0 Å². The van der Waals surface area contributed by atoms with Crippen LogP contribution in [0.4, 0.5) is 0 Å². The molecular weight excluding hydrogens is 126 g/mol. The summed E-state index contributed by atoms with van der Waals surface area (Å²) < 4.78 is 0. The van der Waals surface area contributed by atoms with Crippen LogP contribution in [0.5, 0.6) is 0 Å². The van der Waals surface area contributed by atoms with Crippen molar-refractivity contribution in [3.05, 3.63) is 0 Å². The van der Waals surface area contributed by atoms with Gasteiger partial charge in [0.15, 0.2) is 0 Å². The van der Waals surface area contributed by atoms with E-state index in [0.29, 0.717) is 6.04 Å². The summed E-state index contributed by atoms with van der Waals surface area (Å²) in [5, 5.41) is 12.4. The van der Waals surface area contributed by atoms with Crippen molar-refractivity contribution in [2.45, 2.75) is 44.8 Å². The molecule has 2 nitrogen and oxygen atoms in total. The van der Waals surface area contributed by atoms with Crippen LogP contribution >= 0.6 is 0 Å². The minimum atomic E-state index is -0.0816. The van der Waals surface area contributed by atoms with Gasteiger partial charge in [-0.2, -0.15) is 0 Å². The smallest absolute Gasteiger partial charge is 0.0679 e. The van der Waals surface area contributed by atoms with E-state index in [0.717, 1.165) is 13.0 Å². The molecule has 60 valence electrons. The number of nitrogens with one attached hydrogen (secondary N) is 1. The zero-order valence-electron chi connectivity index (χ0n) is 6.64. The summed E-state index contributed by atoms with van der Waals surface area (Å²) >= 11 is 0. The molecular formula is C8H17NO. The minimum Gasteiger partial charge on any atom is -0.392 e. The van der Waals surface area contributed by atoms with Gasteiger partial charge in [0.1, 0.15) is 0 Å². The molecule has 0 spiro atoms. The van der Waals surface area contributed by atoms with Crippen molar-refractivity contribution >= 4 is 0 Å². The highest BCUT2D eigenvalue weighted by Gasteiger charge is 2.20. The van der Waals surface area contributed by atoms with Crippen LogP contribution < -0.4 is 5.32 Å². The van der Waals surface area contributed by atoms with Crippen molar-refractivity contribution in [2.24, 2.45) is 0 Å². The highest BCUT2D eigenvalue weighted by Crippen LogP contribution is 2.12. The van der Waals surface area contributed by atoms with Crippen molar-refractivity contribution in [1.82, 2.24) is 5.32 Å². The highest BCUT2D eigenvalue weighted by molar-refractivity contribution is 4.80. The maximum Gasteiger partial charge on any atom is 0.0679 e. The van der Waals surface area contributed by atoms with E-state index >= 15 is 0 Å². The fourth-order valence-electron chi connectivity index (χ4n) is 1.47. The van der Waals surface area contributed by atoms with Gasteiger partial charge in [0.05, 0.1) is 6.10 Å². The van der Waals surface area contributed by atoms with Gasteiger partial charge in [-0.3, -0.25) is 0 Å². The topological polar surface area (TPSA) is 32.3 Å². The van der Waals surface area contributed by atoms with Crippen molar-refractivity contribution in [3.63, 3.8) is 0 Å². The summed E-state index contributed by atoms with van der Waals surface area (Å²) in [5.74, 6) is 0. The van der Waals surface area contributed by atoms with E-state index in [1.54, 1.807) is 0 Å². The van der Waals surface area contributed by atoms with Crippen LogP contribution in [0.15, 0.2) is 0 Å². The molecule has 2 heteroatoms. The lowest BCUT2D eigenvalue weighted by Crippen LogP contribution is -2.21. The van der Waals surface area contributed by atoms with Crippen LogP contribution in [0.25, 0.3) is 0 Å². The molecule has 0 aromatic heterocycles. The van der Waals surface area contributed by atoms with Gasteiger partial charge in [-0.15, -0.1) is 0 Å². The van der Waals surface area contributed by atoms with Gasteiger partial charge in [-0.05, 0) is 12.8 Å². The zero-order valence-corrected chi connectivity index (χ0v) is 6.64. The number of β-amino-alcohol motifs (C(OH)–C–C–N with tert-alkyl or cyclic N) is 1. The summed E-state index contributed by atoms with van der Waals surface area (Å²) in [6.07, 6.45) is 4.65. The Balaban J connectivity index is 2.06. The predicted molar refractivity (Wildman–Crippen MR) is 41.9 cm³/mol. The van der Waals surface area contributed by atoms with Gasteiger partial charge in [0, 0.05) is 12.6 Å². The molecule has 0 aliphatic carbocycles. The van der Waals surface area contributed by atoms with E-state index < -0.39 is 0 Å². The molecule has 1 rings (SSSR count). The maximum absolute atomic E-state index is 9.14. The SMILES string of the molecule is CCCC[C@H]1C[C@@H](O)CN1. The molecule has 1 heterocycles. The summed E-state index contributed by atoms with van der Waals surface area (Å²) in [6, 6.07) is 0.593. The molecule has 1 fully saturated rings. The second-order valence-electron chi connectivity index (χ2n) is 3.14. The van der Waals surface area contributed by atoms with E-state index in [-0.39, 0.29) is 6.10 Å². The van der Waals surface area contributed by atoms with E-state index in [4.69, 9.17) is 5.11 Å². The third kappa shape index (κ3) is 2.27. The molecule has 0 unspecified atom stereocenters. The first-order chi connectivity index (χ1) is 4.83. The monoisotopic (exact) mass is 143 g/mol. The Bertz CT molecular complexity index is 95.3. The first-order valence-corrected chi connectivity index (χ1v) is 4.24. The molecule has 0 saturated carbocycles. The third-order valence-electron chi connectivity index (χ3n) is 2.10. The second kappa shape index (κ2) is 3.94. The Morgan fingerprint density at radius 1 is 1.60 bits per heavy atom. The molecule has 0 bridgehead atoms. The molecule has 2 N–H and O–H groups in total. The summed E-state index contributed by atoms with van der Waals surface area (Å²) in [7, 11) is 0. The number of unbranched alkanes of at least 4 members (excludes halogenated alkanes) is 1. The van der Waals surface area contributed by atoms with Gasteiger partial charge in [-0.25, -0.2) is 0 Å². The quantitative estimate of drug-likeness (QED) is 0.615. The van der Waals surface area contributed by atoms with Gasteiger partial charge >= 0.3 is 0 Å². The molecule has 1 aliphatic heterocycles. The van der Waals surface area contributed by atoms with E-state index in [1.807, 2.05) is 0 Å². The van der Waals surface area contributed by atoms with Crippen LogP contribution in [0.1, 0.15) is 32.6 Å². The maximum atomic E-state index is 9.14. The fraction of sp³-hybridized carbons (Fsp3) is 1.00. The summed E-state index contributed by atoms with van der Waals surface area (Å²) in [4.78, 5) is 0. The molecule has 10 heavy (non-hydrogen) atoms. The van der Waals surface area contributed by atoms with Crippen LogP contribution in [-0.4, -0.2) is 23.8 Å². The third-order valence-corrected chi connectivity index (χ3v) is 2.10.